The SMILES string of the molecule is c1ccc(-c2cc(-c3ccc(-c4ccc(-c5ccnc6c5oc5ccccc56)cc4)cc3)nc(-c3ccccc3)n2)cc1. The average molecular weight is 552 g/mol. The Hall–Kier alpha value is -5.87. The van der Waals surface area contributed by atoms with Gasteiger partial charge in [0.05, 0.1) is 11.4 Å². The van der Waals surface area contributed by atoms with Gasteiger partial charge in [-0.1, -0.05) is 121 Å². The molecule has 0 saturated heterocycles. The molecule has 3 aromatic heterocycles. The lowest BCUT2D eigenvalue weighted by molar-refractivity contribution is 0.669. The van der Waals surface area contributed by atoms with Gasteiger partial charge in [-0.25, -0.2) is 9.97 Å². The van der Waals surface area contributed by atoms with Gasteiger partial charge in [-0.3, -0.25) is 4.98 Å². The summed E-state index contributed by atoms with van der Waals surface area (Å²) in [6.07, 6.45) is 1.85. The Kier molecular flexibility index (Phi) is 6.08. The van der Waals surface area contributed by atoms with Crippen molar-refractivity contribution in [3.8, 4) is 56.2 Å². The molecule has 0 saturated carbocycles. The fourth-order valence-corrected chi connectivity index (χ4v) is 5.58. The van der Waals surface area contributed by atoms with Gasteiger partial charge in [0.2, 0.25) is 0 Å². The molecule has 0 amide bonds. The summed E-state index contributed by atoms with van der Waals surface area (Å²) in [7, 11) is 0. The standard InChI is InChI=1S/C39H25N3O/c1-3-9-29(10-4-1)34-25-35(42-39(41-34)31-11-5-2-6-12-31)30-21-17-27(18-22-30)26-15-19-28(20-16-26)32-23-24-40-37-33-13-7-8-14-36(33)43-38(32)37/h1-25H. The minimum atomic E-state index is 0.714. The third-order valence-electron chi connectivity index (χ3n) is 7.80. The van der Waals surface area contributed by atoms with E-state index >= 15 is 0 Å². The van der Waals surface area contributed by atoms with E-state index in [2.05, 4.69) is 77.8 Å². The maximum atomic E-state index is 6.21. The molecule has 0 fully saturated rings. The van der Waals surface area contributed by atoms with Crippen LogP contribution >= 0.6 is 0 Å². The van der Waals surface area contributed by atoms with Gasteiger partial charge < -0.3 is 4.42 Å². The molecule has 0 N–H and O–H groups in total. The number of pyridine rings is 1. The van der Waals surface area contributed by atoms with E-state index in [1.54, 1.807) is 0 Å². The average Bonchev–Trinajstić information content (AvgIpc) is 3.48. The van der Waals surface area contributed by atoms with E-state index in [9.17, 15) is 0 Å². The van der Waals surface area contributed by atoms with Crippen molar-refractivity contribution in [1.29, 1.82) is 0 Å². The van der Waals surface area contributed by atoms with Crippen molar-refractivity contribution >= 4 is 22.1 Å². The molecule has 0 spiro atoms. The number of furan rings is 1. The highest BCUT2D eigenvalue weighted by Crippen LogP contribution is 2.35. The summed E-state index contributed by atoms with van der Waals surface area (Å²) in [4.78, 5) is 14.5. The molecule has 202 valence electrons. The highest BCUT2D eigenvalue weighted by molar-refractivity contribution is 6.07. The first kappa shape index (κ1) is 24.9. The number of rotatable bonds is 5. The molecule has 8 aromatic rings. The molecule has 0 unspecified atom stereocenters. The Morgan fingerprint density at radius 2 is 0.977 bits per heavy atom. The highest BCUT2D eigenvalue weighted by atomic mass is 16.3. The van der Waals surface area contributed by atoms with Crippen molar-refractivity contribution < 1.29 is 4.42 Å². The zero-order valence-corrected chi connectivity index (χ0v) is 23.2. The molecule has 5 aromatic carbocycles. The first-order chi connectivity index (χ1) is 21.3. The molecule has 4 nitrogen and oxygen atoms in total. The summed E-state index contributed by atoms with van der Waals surface area (Å²) in [5.41, 5.74) is 11.9. The van der Waals surface area contributed by atoms with Crippen molar-refractivity contribution in [2.75, 3.05) is 0 Å². The molecule has 8 rings (SSSR count). The Morgan fingerprint density at radius 3 is 1.65 bits per heavy atom. The van der Waals surface area contributed by atoms with Crippen LogP contribution < -0.4 is 0 Å². The largest absolute Gasteiger partial charge is 0.454 e. The van der Waals surface area contributed by atoms with Crippen LogP contribution in [0.1, 0.15) is 0 Å². The lowest BCUT2D eigenvalue weighted by Crippen LogP contribution is -1.95. The molecule has 4 heteroatoms. The summed E-state index contributed by atoms with van der Waals surface area (Å²) in [5, 5.41) is 1.03. The normalized spacial score (nSPS) is 11.3. The molecule has 3 heterocycles. The van der Waals surface area contributed by atoms with Gasteiger partial charge in [0.25, 0.3) is 0 Å². The molecule has 0 aliphatic heterocycles. The smallest absolute Gasteiger partial charge is 0.161 e. The van der Waals surface area contributed by atoms with Crippen LogP contribution in [0.25, 0.3) is 78.2 Å². The van der Waals surface area contributed by atoms with E-state index in [4.69, 9.17) is 14.4 Å². The van der Waals surface area contributed by atoms with Crippen molar-refractivity contribution in [2.24, 2.45) is 0 Å². The molecular formula is C39H25N3O. The van der Waals surface area contributed by atoms with E-state index in [0.717, 1.165) is 72.4 Å². The first-order valence-corrected chi connectivity index (χ1v) is 14.3. The fourth-order valence-electron chi connectivity index (χ4n) is 5.58. The van der Waals surface area contributed by atoms with Gasteiger partial charge in [-0.2, -0.15) is 0 Å². The van der Waals surface area contributed by atoms with Crippen LogP contribution in [0.2, 0.25) is 0 Å². The van der Waals surface area contributed by atoms with E-state index in [1.165, 1.54) is 0 Å². The van der Waals surface area contributed by atoms with Crippen molar-refractivity contribution in [3.05, 3.63) is 152 Å². The number of benzene rings is 5. The Bertz CT molecular complexity index is 2150. The monoisotopic (exact) mass is 551 g/mol. The second-order valence-corrected chi connectivity index (χ2v) is 10.5. The highest BCUT2D eigenvalue weighted by Gasteiger charge is 2.14. The number of hydrogen-bond acceptors (Lipinski definition) is 4. The number of hydrogen-bond donors (Lipinski definition) is 0. The third-order valence-corrected chi connectivity index (χ3v) is 7.80. The maximum absolute atomic E-state index is 6.21. The van der Waals surface area contributed by atoms with E-state index in [0.29, 0.717) is 5.82 Å². The number of aromatic nitrogens is 3. The molecular weight excluding hydrogens is 526 g/mol. The Morgan fingerprint density at radius 1 is 0.442 bits per heavy atom. The molecule has 0 atom stereocenters. The van der Waals surface area contributed by atoms with E-state index in [-0.39, 0.29) is 0 Å². The van der Waals surface area contributed by atoms with Crippen LogP contribution in [-0.4, -0.2) is 15.0 Å². The van der Waals surface area contributed by atoms with Gasteiger partial charge in [0.15, 0.2) is 11.4 Å². The first-order valence-electron chi connectivity index (χ1n) is 14.3. The zero-order chi connectivity index (χ0) is 28.6. The lowest BCUT2D eigenvalue weighted by Gasteiger charge is -2.10. The van der Waals surface area contributed by atoms with E-state index < -0.39 is 0 Å². The van der Waals surface area contributed by atoms with Gasteiger partial charge in [-0.15, -0.1) is 0 Å². The zero-order valence-electron chi connectivity index (χ0n) is 23.2. The minimum Gasteiger partial charge on any atom is -0.454 e. The third kappa shape index (κ3) is 4.65. The lowest BCUT2D eigenvalue weighted by atomic mass is 9.98. The summed E-state index contributed by atoms with van der Waals surface area (Å²) >= 11 is 0. The van der Waals surface area contributed by atoms with Gasteiger partial charge >= 0.3 is 0 Å². The Labute approximate surface area is 249 Å². The van der Waals surface area contributed by atoms with Crippen LogP contribution in [-0.2, 0) is 0 Å². The molecule has 43 heavy (non-hydrogen) atoms. The summed E-state index contributed by atoms with van der Waals surface area (Å²) in [6.45, 7) is 0. The van der Waals surface area contributed by atoms with Crippen LogP contribution in [0, 0.1) is 0 Å². The van der Waals surface area contributed by atoms with Gasteiger partial charge in [0.1, 0.15) is 11.1 Å². The number of nitrogens with zero attached hydrogens (tertiary/aromatic N) is 3. The van der Waals surface area contributed by atoms with Gasteiger partial charge in [-0.05, 0) is 41.0 Å². The maximum Gasteiger partial charge on any atom is 0.161 e. The second kappa shape index (κ2) is 10.5. The number of para-hydroxylation sites is 1. The predicted molar refractivity (Wildman–Crippen MR) is 174 cm³/mol. The summed E-state index contributed by atoms with van der Waals surface area (Å²) in [5.74, 6) is 0.714. The van der Waals surface area contributed by atoms with Crippen LogP contribution in [0.5, 0.6) is 0 Å². The van der Waals surface area contributed by atoms with Crippen molar-refractivity contribution in [3.63, 3.8) is 0 Å². The quantitative estimate of drug-likeness (QED) is 0.214. The molecule has 0 radical (unpaired) electrons. The van der Waals surface area contributed by atoms with Crippen LogP contribution in [0.4, 0.5) is 0 Å². The van der Waals surface area contributed by atoms with Gasteiger partial charge in [0, 0.05) is 33.8 Å². The molecule has 0 bridgehead atoms. The second-order valence-electron chi connectivity index (χ2n) is 10.5. The molecule has 0 aliphatic carbocycles. The van der Waals surface area contributed by atoms with Crippen LogP contribution in [0.15, 0.2) is 156 Å². The number of fused-ring (bicyclic) bond motifs is 3. The summed E-state index contributed by atoms with van der Waals surface area (Å²) < 4.78 is 6.21. The molecule has 0 aliphatic rings. The predicted octanol–water partition coefficient (Wildman–Crippen LogP) is 10.1. The van der Waals surface area contributed by atoms with E-state index in [1.807, 2.05) is 79.0 Å². The van der Waals surface area contributed by atoms with Crippen LogP contribution in [0.3, 0.4) is 0 Å². The minimum absolute atomic E-state index is 0.714. The van der Waals surface area contributed by atoms with Crippen molar-refractivity contribution in [1.82, 2.24) is 15.0 Å². The summed E-state index contributed by atoms with van der Waals surface area (Å²) in [6, 6.07) is 49.7. The Balaban J connectivity index is 1.13. The topological polar surface area (TPSA) is 51.8 Å². The fraction of sp³-hybridized carbons (Fsp3) is 0. The van der Waals surface area contributed by atoms with Crippen molar-refractivity contribution in [2.45, 2.75) is 0 Å².